The van der Waals surface area contributed by atoms with Crippen molar-refractivity contribution in [2.45, 2.75) is 39.3 Å². The van der Waals surface area contributed by atoms with Crippen LogP contribution >= 0.6 is 11.6 Å². The second kappa shape index (κ2) is 3.59. The van der Waals surface area contributed by atoms with Crippen LogP contribution in [0.3, 0.4) is 0 Å². The molecule has 2 rings (SSSR count). The summed E-state index contributed by atoms with van der Waals surface area (Å²) in [5, 5.41) is 3.92. The molecule has 1 aliphatic rings. The lowest BCUT2D eigenvalue weighted by atomic mass is 9.68. The van der Waals surface area contributed by atoms with Gasteiger partial charge < -0.3 is 9.73 Å². The zero-order chi connectivity index (χ0) is 10.2. The Hall–Kier alpha value is -0.470. The van der Waals surface area contributed by atoms with Gasteiger partial charge in [-0.3, -0.25) is 0 Å². The van der Waals surface area contributed by atoms with E-state index in [1.54, 1.807) is 6.07 Å². The van der Waals surface area contributed by atoms with Gasteiger partial charge >= 0.3 is 0 Å². The highest BCUT2D eigenvalue weighted by Gasteiger charge is 2.35. The molecule has 1 saturated carbocycles. The van der Waals surface area contributed by atoms with Gasteiger partial charge in [0.2, 0.25) is 0 Å². The van der Waals surface area contributed by atoms with Crippen LogP contribution in [0.2, 0.25) is 5.22 Å². The van der Waals surface area contributed by atoms with Crippen molar-refractivity contribution in [3.63, 3.8) is 0 Å². The van der Waals surface area contributed by atoms with Crippen LogP contribution in [0, 0.1) is 5.41 Å². The second-order valence-corrected chi connectivity index (χ2v) is 5.23. The van der Waals surface area contributed by atoms with Gasteiger partial charge in [-0.05, 0) is 42.0 Å². The normalized spacial score (nSPS) is 20.8. The van der Waals surface area contributed by atoms with Crippen molar-refractivity contribution in [3.05, 3.63) is 23.1 Å². The van der Waals surface area contributed by atoms with Gasteiger partial charge in [-0.15, -0.1) is 0 Å². The van der Waals surface area contributed by atoms with E-state index < -0.39 is 0 Å². The van der Waals surface area contributed by atoms with Gasteiger partial charge in [0, 0.05) is 6.04 Å². The van der Waals surface area contributed by atoms with Crippen LogP contribution < -0.4 is 5.32 Å². The van der Waals surface area contributed by atoms with Crippen LogP contribution in [0.1, 0.15) is 32.4 Å². The van der Waals surface area contributed by atoms with Crippen LogP contribution in [0.25, 0.3) is 0 Å². The predicted molar refractivity (Wildman–Crippen MR) is 57.4 cm³/mol. The minimum Gasteiger partial charge on any atom is -0.448 e. The molecule has 0 amide bonds. The summed E-state index contributed by atoms with van der Waals surface area (Å²) in [5.41, 5.74) is 0.526. The molecular formula is C11H16ClNO. The Bertz CT molecular complexity index is 311. The second-order valence-electron chi connectivity index (χ2n) is 4.86. The molecule has 1 N–H and O–H groups in total. The first-order chi connectivity index (χ1) is 6.55. The zero-order valence-corrected chi connectivity index (χ0v) is 9.40. The maximum absolute atomic E-state index is 5.67. The molecule has 0 unspecified atom stereocenters. The third kappa shape index (κ3) is 2.31. The molecule has 0 radical (unpaired) electrons. The number of nitrogens with one attached hydrogen (secondary N) is 1. The van der Waals surface area contributed by atoms with E-state index in [9.17, 15) is 0 Å². The van der Waals surface area contributed by atoms with Gasteiger partial charge in [-0.25, -0.2) is 0 Å². The van der Waals surface area contributed by atoms with E-state index in [0.29, 0.717) is 16.7 Å². The maximum Gasteiger partial charge on any atom is 0.193 e. The van der Waals surface area contributed by atoms with Crippen molar-refractivity contribution in [2.75, 3.05) is 0 Å². The van der Waals surface area contributed by atoms with E-state index in [2.05, 4.69) is 19.2 Å². The molecule has 0 aromatic carbocycles. The summed E-state index contributed by atoms with van der Waals surface area (Å²) in [6.07, 6.45) is 2.50. The topological polar surface area (TPSA) is 25.2 Å². The molecule has 1 heterocycles. The van der Waals surface area contributed by atoms with Gasteiger partial charge in [0.1, 0.15) is 5.76 Å². The van der Waals surface area contributed by atoms with Crippen LogP contribution in [-0.2, 0) is 6.54 Å². The largest absolute Gasteiger partial charge is 0.448 e. The van der Waals surface area contributed by atoms with Crippen molar-refractivity contribution in [2.24, 2.45) is 5.41 Å². The van der Waals surface area contributed by atoms with E-state index in [1.807, 2.05) is 6.07 Å². The van der Waals surface area contributed by atoms with Crippen molar-refractivity contribution in [1.29, 1.82) is 0 Å². The van der Waals surface area contributed by atoms with Gasteiger partial charge in [-0.2, -0.15) is 0 Å². The number of hydrogen-bond acceptors (Lipinski definition) is 2. The van der Waals surface area contributed by atoms with Gasteiger partial charge in [0.05, 0.1) is 6.54 Å². The highest BCUT2D eigenvalue weighted by Crippen LogP contribution is 2.39. The molecule has 1 aromatic heterocycles. The summed E-state index contributed by atoms with van der Waals surface area (Å²) in [4.78, 5) is 0. The average Bonchev–Trinajstić information content (AvgIpc) is 2.44. The molecule has 0 spiro atoms. The zero-order valence-electron chi connectivity index (χ0n) is 8.64. The minimum absolute atomic E-state index is 0.468. The summed E-state index contributed by atoms with van der Waals surface area (Å²) in [6, 6.07) is 4.34. The lowest BCUT2D eigenvalue weighted by Crippen LogP contribution is -2.45. The Morgan fingerprint density at radius 1 is 1.50 bits per heavy atom. The van der Waals surface area contributed by atoms with E-state index in [4.69, 9.17) is 16.0 Å². The van der Waals surface area contributed by atoms with E-state index in [1.165, 1.54) is 12.8 Å². The summed E-state index contributed by atoms with van der Waals surface area (Å²) in [7, 11) is 0. The first-order valence-corrected chi connectivity index (χ1v) is 5.41. The Morgan fingerprint density at radius 3 is 2.71 bits per heavy atom. The molecule has 1 aromatic rings. The van der Waals surface area contributed by atoms with Crippen molar-refractivity contribution in [3.8, 4) is 0 Å². The summed E-state index contributed by atoms with van der Waals surface area (Å²) < 4.78 is 5.26. The minimum atomic E-state index is 0.468. The molecule has 14 heavy (non-hydrogen) atoms. The number of halogens is 1. The third-order valence-corrected chi connectivity index (χ3v) is 2.99. The van der Waals surface area contributed by atoms with E-state index in [-0.39, 0.29) is 0 Å². The van der Waals surface area contributed by atoms with Gasteiger partial charge in [-0.1, -0.05) is 13.8 Å². The fourth-order valence-corrected chi connectivity index (χ4v) is 2.27. The standard InChI is InChI=1S/C11H16ClNO/c1-11(2)5-8(6-11)13-7-9-3-4-10(12)14-9/h3-4,8,13H,5-7H2,1-2H3. The smallest absolute Gasteiger partial charge is 0.193 e. The third-order valence-electron chi connectivity index (χ3n) is 2.79. The van der Waals surface area contributed by atoms with Crippen LogP contribution in [0.15, 0.2) is 16.5 Å². The van der Waals surface area contributed by atoms with Gasteiger partial charge in [0.25, 0.3) is 0 Å². The molecule has 0 aliphatic heterocycles. The fourth-order valence-electron chi connectivity index (χ4n) is 2.11. The maximum atomic E-state index is 5.67. The fraction of sp³-hybridized carbons (Fsp3) is 0.636. The first-order valence-electron chi connectivity index (χ1n) is 5.03. The molecule has 0 saturated heterocycles. The summed E-state index contributed by atoms with van der Waals surface area (Å²) >= 11 is 5.67. The number of furan rings is 1. The quantitative estimate of drug-likeness (QED) is 0.834. The van der Waals surface area contributed by atoms with Crippen LogP contribution in [0.4, 0.5) is 0 Å². The summed E-state index contributed by atoms with van der Waals surface area (Å²) in [5.74, 6) is 0.916. The Labute approximate surface area is 89.6 Å². The Kier molecular flexibility index (Phi) is 2.58. The lowest BCUT2D eigenvalue weighted by molar-refractivity contribution is 0.123. The Morgan fingerprint density at radius 2 is 2.21 bits per heavy atom. The van der Waals surface area contributed by atoms with E-state index in [0.717, 1.165) is 12.3 Å². The first kappa shape index (κ1) is 10.1. The molecule has 78 valence electrons. The summed E-state index contributed by atoms with van der Waals surface area (Å²) in [6.45, 7) is 5.39. The van der Waals surface area contributed by atoms with Crippen LogP contribution in [-0.4, -0.2) is 6.04 Å². The average molecular weight is 214 g/mol. The highest BCUT2D eigenvalue weighted by atomic mass is 35.5. The predicted octanol–water partition coefficient (Wildman–Crippen LogP) is 3.21. The SMILES string of the molecule is CC1(C)CC(NCc2ccc(Cl)o2)C1. The molecule has 3 heteroatoms. The van der Waals surface area contributed by atoms with Crippen molar-refractivity contribution >= 4 is 11.6 Å². The number of hydrogen-bond donors (Lipinski definition) is 1. The van der Waals surface area contributed by atoms with E-state index >= 15 is 0 Å². The molecule has 0 atom stereocenters. The van der Waals surface area contributed by atoms with Gasteiger partial charge in [0.15, 0.2) is 5.22 Å². The molecule has 0 bridgehead atoms. The lowest BCUT2D eigenvalue weighted by Gasteiger charge is -2.43. The molecule has 1 fully saturated rings. The monoisotopic (exact) mass is 213 g/mol. The molecule has 2 nitrogen and oxygen atoms in total. The van der Waals surface area contributed by atoms with Crippen molar-refractivity contribution in [1.82, 2.24) is 5.32 Å². The molecule has 1 aliphatic carbocycles. The molecular weight excluding hydrogens is 198 g/mol. The number of rotatable bonds is 3. The van der Waals surface area contributed by atoms with Crippen LogP contribution in [0.5, 0.6) is 0 Å². The van der Waals surface area contributed by atoms with Crippen molar-refractivity contribution < 1.29 is 4.42 Å². The highest BCUT2D eigenvalue weighted by molar-refractivity contribution is 6.28. The Balaban J connectivity index is 1.74.